The Labute approximate surface area is 193 Å². The minimum Gasteiger partial charge on any atom is -0.369 e. The van der Waals surface area contributed by atoms with Gasteiger partial charge in [-0.05, 0) is 12.1 Å². The van der Waals surface area contributed by atoms with Crippen molar-refractivity contribution < 1.29 is 31.3 Å². The van der Waals surface area contributed by atoms with Crippen molar-refractivity contribution in [1.29, 1.82) is 0 Å². The van der Waals surface area contributed by atoms with Crippen LogP contribution in [0.25, 0.3) is 22.9 Å². The zero-order chi connectivity index (χ0) is 25.2. The molecule has 0 saturated heterocycles. The zero-order valence-corrected chi connectivity index (χ0v) is 17.6. The molecule has 1 atom stereocenters. The molecule has 4 rings (SSSR count). The van der Waals surface area contributed by atoms with Gasteiger partial charge >= 0.3 is 6.18 Å². The van der Waals surface area contributed by atoms with Crippen LogP contribution in [0.4, 0.5) is 27.8 Å². The smallest absolute Gasteiger partial charge is 0.369 e. The SMILES string of the molecule is NC(=O)C(CNc1nc(-c2cc(-c3ccon3)n(Cc3ccccc3F)n2)ncc1F)C(F)(F)F. The van der Waals surface area contributed by atoms with Crippen molar-refractivity contribution >= 4 is 11.7 Å². The molecule has 9 nitrogen and oxygen atoms in total. The zero-order valence-electron chi connectivity index (χ0n) is 17.6. The maximum absolute atomic E-state index is 14.2. The number of hydrogen-bond acceptors (Lipinski definition) is 7. The Bertz CT molecular complexity index is 1340. The third-order valence-electron chi connectivity index (χ3n) is 4.94. The van der Waals surface area contributed by atoms with E-state index in [0.717, 1.165) is 6.20 Å². The summed E-state index contributed by atoms with van der Waals surface area (Å²) >= 11 is 0. The first-order valence-corrected chi connectivity index (χ1v) is 9.98. The molecule has 0 bridgehead atoms. The Hall–Kier alpha value is -4.36. The van der Waals surface area contributed by atoms with E-state index in [2.05, 4.69) is 25.5 Å². The van der Waals surface area contributed by atoms with Crippen LogP contribution >= 0.6 is 0 Å². The number of primary amides is 1. The number of rotatable bonds is 8. The molecule has 3 aromatic heterocycles. The first-order chi connectivity index (χ1) is 16.6. The minimum atomic E-state index is -4.93. The third-order valence-corrected chi connectivity index (χ3v) is 4.94. The van der Waals surface area contributed by atoms with Gasteiger partial charge in [0, 0.05) is 18.2 Å². The predicted molar refractivity (Wildman–Crippen MR) is 111 cm³/mol. The van der Waals surface area contributed by atoms with Crippen molar-refractivity contribution in [2.75, 3.05) is 11.9 Å². The number of carbonyl (C=O) groups excluding carboxylic acids is 1. The Balaban J connectivity index is 1.67. The van der Waals surface area contributed by atoms with Gasteiger partial charge in [0.15, 0.2) is 23.4 Å². The lowest BCUT2D eigenvalue weighted by Crippen LogP contribution is -2.40. The topological polar surface area (TPSA) is 125 Å². The van der Waals surface area contributed by atoms with E-state index in [9.17, 15) is 26.7 Å². The summed E-state index contributed by atoms with van der Waals surface area (Å²) < 4.78 is 73.6. The van der Waals surface area contributed by atoms with Crippen molar-refractivity contribution in [2.24, 2.45) is 11.7 Å². The van der Waals surface area contributed by atoms with Gasteiger partial charge in [-0.1, -0.05) is 23.4 Å². The number of aromatic nitrogens is 5. The second-order valence-corrected chi connectivity index (χ2v) is 7.32. The number of nitrogens with two attached hydrogens (primary N) is 1. The average Bonchev–Trinajstić information content (AvgIpc) is 3.45. The predicted octanol–water partition coefficient (Wildman–Crippen LogP) is 3.40. The molecule has 1 unspecified atom stereocenters. The lowest BCUT2D eigenvalue weighted by atomic mass is 10.1. The molecule has 3 N–H and O–H groups in total. The monoisotopic (exact) mass is 493 g/mol. The molecule has 0 aliphatic rings. The maximum atomic E-state index is 14.2. The number of anilines is 1. The fourth-order valence-corrected chi connectivity index (χ4v) is 3.18. The molecule has 0 spiro atoms. The third kappa shape index (κ3) is 5.26. The maximum Gasteiger partial charge on any atom is 0.402 e. The van der Waals surface area contributed by atoms with Gasteiger partial charge in [0.2, 0.25) is 5.91 Å². The number of nitrogens with one attached hydrogen (secondary N) is 1. The van der Waals surface area contributed by atoms with Gasteiger partial charge in [0.1, 0.15) is 23.5 Å². The average molecular weight is 493 g/mol. The van der Waals surface area contributed by atoms with Crippen LogP contribution < -0.4 is 11.1 Å². The summed E-state index contributed by atoms with van der Waals surface area (Å²) in [5.41, 5.74) is 5.98. The van der Waals surface area contributed by atoms with E-state index in [0.29, 0.717) is 17.0 Å². The lowest BCUT2D eigenvalue weighted by Gasteiger charge is -2.17. The summed E-state index contributed by atoms with van der Waals surface area (Å²) in [7, 11) is 0. The fourth-order valence-electron chi connectivity index (χ4n) is 3.18. The summed E-state index contributed by atoms with van der Waals surface area (Å²) in [4.78, 5) is 18.9. The van der Waals surface area contributed by atoms with Crippen LogP contribution in [0.1, 0.15) is 5.56 Å². The van der Waals surface area contributed by atoms with Gasteiger partial charge in [-0.25, -0.2) is 18.7 Å². The Morgan fingerprint density at radius 2 is 1.91 bits per heavy atom. The molecule has 0 aliphatic carbocycles. The van der Waals surface area contributed by atoms with Gasteiger partial charge in [-0.15, -0.1) is 0 Å². The summed E-state index contributed by atoms with van der Waals surface area (Å²) in [5.74, 6) is -6.43. The van der Waals surface area contributed by atoms with Gasteiger partial charge in [-0.3, -0.25) is 9.48 Å². The van der Waals surface area contributed by atoms with Crippen LogP contribution in [0.5, 0.6) is 0 Å². The number of amides is 1. The van der Waals surface area contributed by atoms with E-state index in [-0.39, 0.29) is 18.1 Å². The summed E-state index contributed by atoms with van der Waals surface area (Å²) in [6, 6.07) is 9.07. The molecule has 4 aromatic rings. The van der Waals surface area contributed by atoms with E-state index in [1.807, 2.05) is 0 Å². The second kappa shape index (κ2) is 9.48. The van der Waals surface area contributed by atoms with Gasteiger partial charge in [0.05, 0.1) is 18.4 Å². The first kappa shape index (κ1) is 23.8. The number of hydrogen-bond donors (Lipinski definition) is 2. The van der Waals surface area contributed by atoms with Gasteiger partial charge in [-0.2, -0.15) is 18.3 Å². The number of alkyl halides is 3. The highest BCUT2D eigenvalue weighted by Crippen LogP contribution is 2.28. The lowest BCUT2D eigenvalue weighted by molar-refractivity contribution is -0.177. The highest BCUT2D eigenvalue weighted by Gasteiger charge is 2.43. The van der Waals surface area contributed by atoms with Crippen LogP contribution in [0, 0.1) is 17.6 Å². The van der Waals surface area contributed by atoms with Gasteiger partial charge < -0.3 is 15.6 Å². The van der Waals surface area contributed by atoms with Crippen molar-refractivity contribution in [3.63, 3.8) is 0 Å². The van der Waals surface area contributed by atoms with E-state index in [4.69, 9.17) is 10.3 Å². The van der Waals surface area contributed by atoms with E-state index < -0.39 is 42.0 Å². The minimum absolute atomic E-state index is 0.00690. The van der Waals surface area contributed by atoms with Crippen LogP contribution in [0.15, 0.2) is 53.4 Å². The molecular formula is C21H16F5N7O2. The van der Waals surface area contributed by atoms with Crippen LogP contribution in [-0.2, 0) is 11.3 Å². The van der Waals surface area contributed by atoms with Crippen LogP contribution in [0.2, 0.25) is 0 Å². The quantitative estimate of drug-likeness (QED) is 0.361. The first-order valence-electron chi connectivity index (χ1n) is 9.98. The number of nitrogens with zero attached hydrogens (tertiary/aromatic N) is 5. The molecule has 14 heteroatoms. The molecule has 1 aromatic carbocycles. The Kier molecular flexibility index (Phi) is 6.44. The van der Waals surface area contributed by atoms with E-state index >= 15 is 0 Å². The molecule has 1 amide bonds. The Morgan fingerprint density at radius 3 is 2.57 bits per heavy atom. The molecule has 0 saturated carbocycles. The van der Waals surface area contributed by atoms with Crippen LogP contribution in [0.3, 0.4) is 0 Å². The molecule has 35 heavy (non-hydrogen) atoms. The highest BCUT2D eigenvalue weighted by molar-refractivity contribution is 5.78. The standard InChI is InChI=1S/C21H16F5N7O2/c22-13-4-2-1-3-11(13)10-33-17(15-5-6-35-32-15)7-16(31-33)20-29-9-14(23)19(30-20)28-8-12(18(27)34)21(24,25)26/h1-7,9,12H,8,10H2,(H2,27,34)(H,28,29,30). The fraction of sp³-hybridized carbons (Fsp3) is 0.190. The van der Waals surface area contributed by atoms with E-state index in [1.165, 1.54) is 35.2 Å². The number of carbonyl (C=O) groups is 1. The molecule has 182 valence electrons. The van der Waals surface area contributed by atoms with Crippen molar-refractivity contribution in [3.8, 4) is 22.9 Å². The Morgan fingerprint density at radius 1 is 1.14 bits per heavy atom. The highest BCUT2D eigenvalue weighted by atomic mass is 19.4. The molecule has 3 heterocycles. The van der Waals surface area contributed by atoms with Gasteiger partial charge in [0.25, 0.3) is 0 Å². The molecule has 0 radical (unpaired) electrons. The molecule has 0 aliphatic heterocycles. The molecular weight excluding hydrogens is 477 g/mol. The normalized spacial score (nSPS) is 12.5. The summed E-state index contributed by atoms with van der Waals surface area (Å²) in [6.45, 7) is -1.04. The van der Waals surface area contributed by atoms with Crippen molar-refractivity contribution in [3.05, 3.63) is 66.1 Å². The summed E-state index contributed by atoms with van der Waals surface area (Å²) in [5, 5.41) is 10.3. The van der Waals surface area contributed by atoms with Crippen molar-refractivity contribution in [2.45, 2.75) is 12.7 Å². The van der Waals surface area contributed by atoms with Crippen molar-refractivity contribution in [1.82, 2.24) is 24.9 Å². The largest absolute Gasteiger partial charge is 0.402 e. The van der Waals surface area contributed by atoms with Crippen LogP contribution in [-0.4, -0.2) is 43.5 Å². The van der Waals surface area contributed by atoms with E-state index in [1.54, 1.807) is 12.1 Å². The summed E-state index contributed by atoms with van der Waals surface area (Å²) in [6.07, 6.45) is -2.87. The number of halogens is 5. The molecule has 0 fully saturated rings. The second-order valence-electron chi connectivity index (χ2n) is 7.32. The number of benzene rings is 1.